The van der Waals surface area contributed by atoms with Crippen LogP contribution in [0.4, 0.5) is 15.9 Å². The maximum absolute atomic E-state index is 12.8. The van der Waals surface area contributed by atoms with Crippen LogP contribution in [0.15, 0.2) is 36.5 Å². The molecule has 0 radical (unpaired) electrons. The lowest BCUT2D eigenvalue weighted by Crippen LogP contribution is -2.19. The molecule has 1 aromatic carbocycles. The molecule has 0 aliphatic heterocycles. The van der Waals surface area contributed by atoms with Crippen LogP contribution in [0.2, 0.25) is 0 Å². The highest BCUT2D eigenvalue weighted by atomic mass is 19.1. The standard InChI is InChI=1S/C15H16FN3O2/c1-10-9-17-15(8-14(10)19(20)21)18-11(2)7-12-3-5-13(16)6-4-12/h3-6,8-9,11H,7H2,1-2H3,(H,17,18). The molecular formula is C15H16FN3O2. The minimum Gasteiger partial charge on any atom is -0.367 e. The van der Waals surface area contributed by atoms with Crippen molar-refractivity contribution in [3.63, 3.8) is 0 Å². The van der Waals surface area contributed by atoms with E-state index < -0.39 is 4.92 Å². The van der Waals surface area contributed by atoms with Gasteiger partial charge < -0.3 is 5.32 Å². The second-order valence-corrected chi connectivity index (χ2v) is 4.99. The van der Waals surface area contributed by atoms with Crippen molar-refractivity contribution in [2.24, 2.45) is 0 Å². The second-order valence-electron chi connectivity index (χ2n) is 4.99. The molecule has 1 N–H and O–H groups in total. The molecule has 0 aliphatic rings. The van der Waals surface area contributed by atoms with Crippen LogP contribution in [0.25, 0.3) is 0 Å². The van der Waals surface area contributed by atoms with Gasteiger partial charge in [-0.25, -0.2) is 9.37 Å². The van der Waals surface area contributed by atoms with E-state index in [1.54, 1.807) is 19.1 Å². The quantitative estimate of drug-likeness (QED) is 0.676. The number of nitrogens with one attached hydrogen (secondary N) is 1. The number of halogens is 1. The van der Waals surface area contributed by atoms with E-state index in [4.69, 9.17) is 0 Å². The molecule has 0 saturated heterocycles. The van der Waals surface area contributed by atoms with Crippen LogP contribution in [-0.2, 0) is 6.42 Å². The number of nitrogens with zero attached hydrogens (tertiary/aromatic N) is 2. The minimum absolute atomic E-state index is 0.0188. The van der Waals surface area contributed by atoms with Gasteiger partial charge in [0.1, 0.15) is 11.6 Å². The van der Waals surface area contributed by atoms with E-state index >= 15 is 0 Å². The van der Waals surface area contributed by atoms with Crippen molar-refractivity contribution in [2.45, 2.75) is 26.3 Å². The minimum atomic E-state index is -0.424. The van der Waals surface area contributed by atoms with Gasteiger partial charge in [0, 0.05) is 17.8 Å². The second kappa shape index (κ2) is 6.30. The molecule has 110 valence electrons. The summed E-state index contributed by atoms with van der Waals surface area (Å²) in [5.74, 6) is 0.192. The molecule has 5 nitrogen and oxygen atoms in total. The van der Waals surface area contributed by atoms with Crippen molar-refractivity contribution < 1.29 is 9.31 Å². The summed E-state index contributed by atoms with van der Waals surface area (Å²) in [4.78, 5) is 14.6. The van der Waals surface area contributed by atoms with Crippen molar-refractivity contribution in [2.75, 3.05) is 5.32 Å². The van der Waals surface area contributed by atoms with Crippen molar-refractivity contribution >= 4 is 11.5 Å². The van der Waals surface area contributed by atoms with Crippen LogP contribution in [0.5, 0.6) is 0 Å². The van der Waals surface area contributed by atoms with Gasteiger partial charge >= 0.3 is 0 Å². The van der Waals surface area contributed by atoms with Crippen molar-refractivity contribution in [1.82, 2.24) is 4.98 Å². The van der Waals surface area contributed by atoms with Gasteiger partial charge in [-0.1, -0.05) is 12.1 Å². The third-order valence-corrected chi connectivity index (χ3v) is 3.12. The van der Waals surface area contributed by atoms with Gasteiger partial charge in [-0.05, 0) is 38.0 Å². The molecule has 2 aromatic rings. The molecule has 0 amide bonds. The Morgan fingerprint density at radius 2 is 2.05 bits per heavy atom. The lowest BCUT2D eigenvalue weighted by Gasteiger charge is -2.14. The van der Waals surface area contributed by atoms with E-state index in [1.807, 2.05) is 6.92 Å². The number of hydrogen-bond acceptors (Lipinski definition) is 4. The summed E-state index contributed by atoms with van der Waals surface area (Å²) in [5, 5.41) is 14.0. The number of anilines is 1. The van der Waals surface area contributed by atoms with Gasteiger partial charge in [-0.2, -0.15) is 0 Å². The topological polar surface area (TPSA) is 68.1 Å². The van der Waals surface area contributed by atoms with Gasteiger partial charge in [0.15, 0.2) is 0 Å². The van der Waals surface area contributed by atoms with Crippen LogP contribution in [-0.4, -0.2) is 15.9 Å². The Morgan fingerprint density at radius 3 is 2.67 bits per heavy atom. The van der Waals surface area contributed by atoms with Crippen LogP contribution in [0.1, 0.15) is 18.1 Å². The Balaban J connectivity index is 2.05. The molecule has 0 aliphatic carbocycles. The molecule has 1 atom stereocenters. The van der Waals surface area contributed by atoms with E-state index in [2.05, 4.69) is 10.3 Å². The van der Waals surface area contributed by atoms with Crippen molar-refractivity contribution in [1.29, 1.82) is 0 Å². The molecule has 2 rings (SSSR count). The molecule has 21 heavy (non-hydrogen) atoms. The highest BCUT2D eigenvalue weighted by Gasteiger charge is 2.13. The monoisotopic (exact) mass is 289 g/mol. The van der Waals surface area contributed by atoms with Crippen LogP contribution in [0, 0.1) is 22.9 Å². The maximum atomic E-state index is 12.8. The first-order chi connectivity index (χ1) is 9.95. The highest BCUT2D eigenvalue weighted by Crippen LogP contribution is 2.20. The summed E-state index contributed by atoms with van der Waals surface area (Å²) < 4.78 is 12.8. The first-order valence-electron chi connectivity index (χ1n) is 6.57. The third-order valence-electron chi connectivity index (χ3n) is 3.12. The number of aromatic nitrogens is 1. The van der Waals surface area contributed by atoms with Gasteiger partial charge in [-0.15, -0.1) is 0 Å². The highest BCUT2D eigenvalue weighted by molar-refractivity contribution is 5.49. The Morgan fingerprint density at radius 1 is 1.38 bits per heavy atom. The number of nitro groups is 1. The van der Waals surface area contributed by atoms with E-state index in [-0.39, 0.29) is 17.5 Å². The average Bonchev–Trinajstić information content (AvgIpc) is 2.43. The number of aryl methyl sites for hydroxylation is 1. The first kappa shape index (κ1) is 14.9. The summed E-state index contributed by atoms with van der Waals surface area (Å²) >= 11 is 0. The number of benzene rings is 1. The summed E-state index contributed by atoms with van der Waals surface area (Å²) in [6.07, 6.45) is 2.15. The lowest BCUT2D eigenvalue weighted by molar-refractivity contribution is -0.385. The molecule has 0 spiro atoms. The first-order valence-corrected chi connectivity index (χ1v) is 6.57. The lowest BCUT2D eigenvalue weighted by atomic mass is 10.1. The van der Waals surface area contributed by atoms with Crippen molar-refractivity contribution in [3.05, 3.63) is 63.6 Å². The molecular weight excluding hydrogens is 273 g/mol. The fraction of sp³-hybridized carbons (Fsp3) is 0.267. The average molecular weight is 289 g/mol. The zero-order valence-corrected chi connectivity index (χ0v) is 11.8. The van der Waals surface area contributed by atoms with Crippen LogP contribution in [0.3, 0.4) is 0 Å². The summed E-state index contributed by atoms with van der Waals surface area (Å²) in [7, 11) is 0. The van der Waals surface area contributed by atoms with Crippen LogP contribution < -0.4 is 5.32 Å². The molecule has 0 bridgehead atoms. The normalized spacial score (nSPS) is 12.0. The smallest absolute Gasteiger partial charge is 0.277 e. The number of rotatable bonds is 5. The number of pyridine rings is 1. The molecule has 6 heteroatoms. The zero-order valence-electron chi connectivity index (χ0n) is 11.8. The van der Waals surface area contributed by atoms with E-state index in [1.165, 1.54) is 24.4 Å². The zero-order chi connectivity index (χ0) is 15.4. The Labute approximate surface area is 122 Å². The van der Waals surface area contributed by atoms with Gasteiger partial charge in [0.05, 0.1) is 11.0 Å². The third kappa shape index (κ3) is 3.98. The number of hydrogen-bond donors (Lipinski definition) is 1. The fourth-order valence-electron chi connectivity index (χ4n) is 2.07. The summed E-state index contributed by atoms with van der Waals surface area (Å²) in [5.41, 5.74) is 1.55. The van der Waals surface area contributed by atoms with E-state index in [9.17, 15) is 14.5 Å². The molecule has 1 heterocycles. The van der Waals surface area contributed by atoms with E-state index in [0.29, 0.717) is 17.8 Å². The molecule has 1 aromatic heterocycles. The molecule has 0 saturated carbocycles. The van der Waals surface area contributed by atoms with Gasteiger partial charge in [-0.3, -0.25) is 10.1 Å². The van der Waals surface area contributed by atoms with E-state index in [0.717, 1.165) is 5.56 Å². The summed E-state index contributed by atoms with van der Waals surface area (Å²) in [6.45, 7) is 3.59. The molecule has 0 fully saturated rings. The molecule has 1 unspecified atom stereocenters. The predicted molar refractivity (Wildman–Crippen MR) is 78.8 cm³/mol. The predicted octanol–water partition coefficient (Wildman–Crippen LogP) is 3.48. The van der Waals surface area contributed by atoms with Crippen LogP contribution >= 0.6 is 0 Å². The van der Waals surface area contributed by atoms with Gasteiger partial charge in [0.2, 0.25) is 0 Å². The fourth-order valence-corrected chi connectivity index (χ4v) is 2.07. The van der Waals surface area contributed by atoms with Crippen molar-refractivity contribution in [3.8, 4) is 0 Å². The Hall–Kier alpha value is -2.50. The van der Waals surface area contributed by atoms with Gasteiger partial charge in [0.25, 0.3) is 5.69 Å². The maximum Gasteiger partial charge on any atom is 0.277 e. The Bertz CT molecular complexity index is 644. The largest absolute Gasteiger partial charge is 0.367 e. The Kier molecular flexibility index (Phi) is 4.47. The SMILES string of the molecule is Cc1cnc(NC(C)Cc2ccc(F)cc2)cc1[N+](=O)[O-]. The summed E-state index contributed by atoms with van der Waals surface area (Å²) in [6, 6.07) is 7.71.